The van der Waals surface area contributed by atoms with Crippen LogP contribution in [0.25, 0.3) is 0 Å². The molecule has 0 spiro atoms. The molecule has 0 amide bonds. The first-order chi connectivity index (χ1) is 6.36. The van der Waals surface area contributed by atoms with E-state index in [4.69, 9.17) is 9.66 Å². The topological polar surface area (TPSA) is 109 Å². The lowest BCUT2D eigenvalue weighted by Crippen LogP contribution is -2.15. The molecule has 1 aromatic rings. The molecule has 0 atom stereocenters. The zero-order chi connectivity index (χ0) is 10.9. The van der Waals surface area contributed by atoms with Crippen molar-refractivity contribution in [3.8, 4) is 0 Å². The normalized spacial score (nSPS) is 11.6. The average molecular weight is 220 g/mol. The smallest absolute Gasteiger partial charge is 0.365 e. The Balaban J connectivity index is 3.42. The van der Waals surface area contributed by atoms with E-state index in [1.165, 1.54) is 0 Å². The Bertz CT molecular complexity index is 461. The fraction of sp³-hybridized carbons (Fsp3) is 0.333. The summed E-state index contributed by atoms with van der Waals surface area (Å²) < 4.78 is 30.5. The largest absolute Gasteiger partial charge is 0.390 e. The maximum Gasteiger partial charge on any atom is 0.365 e. The Morgan fingerprint density at radius 3 is 2.50 bits per heavy atom. The molecule has 1 rings (SSSR count). The maximum absolute atomic E-state index is 10.9. The third-order valence-corrected chi connectivity index (χ3v) is 2.23. The number of nitrogens with zero attached hydrogens (tertiary/aromatic N) is 2. The first-order valence-electron chi connectivity index (χ1n) is 3.54. The molecule has 78 valence electrons. The second kappa shape index (κ2) is 3.48. The molecular weight excluding hydrogens is 212 g/mol. The second-order valence-electron chi connectivity index (χ2n) is 2.54. The highest BCUT2D eigenvalue weighted by Crippen LogP contribution is 2.07. The van der Waals surface area contributed by atoms with Crippen LogP contribution in [0.3, 0.4) is 0 Å². The first kappa shape index (κ1) is 10.8. The molecule has 14 heavy (non-hydrogen) atoms. The van der Waals surface area contributed by atoms with Crippen LogP contribution in [-0.2, 0) is 16.9 Å². The Kier molecular flexibility index (Phi) is 2.69. The van der Waals surface area contributed by atoms with E-state index in [1.54, 1.807) is 0 Å². The molecular formula is C6H8N2O5S. The van der Waals surface area contributed by atoms with Crippen LogP contribution in [0, 0.1) is 0 Å². The van der Waals surface area contributed by atoms with Gasteiger partial charge in [-0.15, -0.1) is 0 Å². The zero-order valence-electron chi connectivity index (χ0n) is 7.21. The Morgan fingerprint density at radius 2 is 2.21 bits per heavy atom. The van der Waals surface area contributed by atoms with Gasteiger partial charge in [0.25, 0.3) is 0 Å². The van der Waals surface area contributed by atoms with Crippen LogP contribution in [0.2, 0.25) is 0 Å². The van der Waals surface area contributed by atoms with Crippen molar-refractivity contribution in [2.45, 2.75) is 13.5 Å². The lowest BCUT2D eigenvalue weighted by atomic mass is 10.4. The Labute approximate surface area is 79.9 Å². The molecule has 0 unspecified atom stereocenters. The summed E-state index contributed by atoms with van der Waals surface area (Å²) in [5.41, 5.74) is -0.00664. The average Bonchev–Trinajstić information content (AvgIpc) is 2.46. The van der Waals surface area contributed by atoms with Crippen molar-refractivity contribution >= 4 is 16.1 Å². The molecule has 0 aliphatic heterocycles. The molecule has 0 fully saturated rings. The summed E-state index contributed by atoms with van der Waals surface area (Å²) >= 11 is 0. The van der Waals surface area contributed by atoms with E-state index >= 15 is 0 Å². The van der Waals surface area contributed by atoms with E-state index in [2.05, 4.69) is 4.98 Å². The first-order valence-corrected chi connectivity index (χ1v) is 4.94. The van der Waals surface area contributed by atoms with Gasteiger partial charge in [-0.1, -0.05) is 0 Å². The molecule has 0 aromatic carbocycles. The molecule has 0 aliphatic rings. The van der Waals surface area contributed by atoms with E-state index in [0.29, 0.717) is 3.97 Å². The van der Waals surface area contributed by atoms with E-state index in [1.807, 2.05) is 0 Å². The number of hydrogen-bond acceptors (Lipinski definition) is 5. The highest BCUT2D eigenvalue weighted by molar-refractivity contribution is 7.84. The van der Waals surface area contributed by atoms with E-state index in [-0.39, 0.29) is 5.69 Å². The summed E-state index contributed by atoms with van der Waals surface area (Å²) in [7, 11) is -4.55. The van der Waals surface area contributed by atoms with Gasteiger partial charge in [-0.3, -0.25) is 9.35 Å². The van der Waals surface area contributed by atoms with Gasteiger partial charge in [-0.2, -0.15) is 8.42 Å². The van der Waals surface area contributed by atoms with Gasteiger partial charge in [-0.25, -0.2) is 8.96 Å². The fourth-order valence-electron chi connectivity index (χ4n) is 0.897. The van der Waals surface area contributed by atoms with Gasteiger partial charge >= 0.3 is 10.3 Å². The van der Waals surface area contributed by atoms with Crippen molar-refractivity contribution in [1.29, 1.82) is 0 Å². The van der Waals surface area contributed by atoms with Crippen LogP contribution in [0.1, 0.15) is 23.2 Å². The van der Waals surface area contributed by atoms with E-state index < -0.39 is 28.5 Å². The molecule has 0 saturated carbocycles. The maximum atomic E-state index is 10.9. The molecule has 7 nitrogen and oxygen atoms in total. The summed E-state index contributed by atoms with van der Waals surface area (Å²) in [6.45, 7) is 0.591. The lowest BCUT2D eigenvalue weighted by Gasteiger charge is -1.98. The quantitative estimate of drug-likeness (QED) is 0.511. The number of aromatic nitrogens is 2. The second-order valence-corrected chi connectivity index (χ2v) is 3.83. The van der Waals surface area contributed by atoms with Gasteiger partial charge < -0.3 is 5.11 Å². The molecule has 2 N–H and O–H groups in total. The number of aliphatic hydroxyl groups is 1. The van der Waals surface area contributed by atoms with Crippen molar-refractivity contribution in [3.05, 3.63) is 17.7 Å². The van der Waals surface area contributed by atoms with Gasteiger partial charge in [0, 0.05) is 13.1 Å². The number of hydrogen-bond donors (Lipinski definition) is 2. The Morgan fingerprint density at radius 1 is 1.64 bits per heavy atom. The standard InChI is InChI=1S/C6H8N2O5S/c1-4(10)6-7-5(3-9)2-8(6)14(11,12)13/h2,9H,3H2,1H3,(H,11,12,13). The van der Waals surface area contributed by atoms with Crippen molar-refractivity contribution in [2.24, 2.45) is 0 Å². The van der Waals surface area contributed by atoms with Crippen molar-refractivity contribution < 1.29 is 22.9 Å². The summed E-state index contributed by atoms with van der Waals surface area (Å²) in [5.74, 6) is -1.06. The molecule has 0 bridgehead atoms. The fourth-order valence-corrected chi connectivity index (χ4v) is 1.54. The van der Waals surface area contributed by atoms with E-state index in [9.17, 15) is 13.2 Å². The van der Waals surface area contributed by atoms with E-state index in [0.717, 1.165) is 13.1 Å². The van der Waals surface area contributed by atoms with Crippen molar-refractivity contribution in [3.63, 3.8) is 0 Å². The molecule has 8 heteroatoms. The number of imidazole rings is 1. The SMILES string of the molecule is CC(=O)c1nc(CO)cn1S(=O)(=O)O. The van der Waals surface area contributed by atoms with Crippen LogP contribution in [0.4, 0.5) is 0 Å². The summed E-state index contributed by atoms with van der Waals surface area (Å²) in [6, 6.07) is 0. The molecule has 1 aromatic heterocycles. The number of rotatable bonds is 3. The number of carbonyl (C=O) groups is 1. The summed E-state index contributed by atoms with van der Waals surface area (Å²) in [6.07, 6.45) is 0.881. The minimum absolute atomic E-state index is 0.00664. The van der Waals surface area contributed by atoms with Gasteiger partial charge in [0.2, 0.25) is 0 Å². The predicted octanol–water partition coefficient (Wildman–Crippen LogP) is -0.771. The van der Waals surface area contributed by atoms with Gasteiger partial charge in [-0.05, 0) is 0 Å². The van der Waals surface area contributed by atoms with Crippen molar-refractivity contribution in [1.82, 2.24) is 8.96 Å². The zero-order valence-corrected chi connectivity index (χ0v) is 8.02. The molecule has 0 saturated heterocycles. The third-order valence-electron chi connectivity index (χ3n) is 1.45. The van der Waals surface area contributed by atoms with Gasteiger partial charge in [0.05, 0.1) is 12.3 Å². The van der Waals surface area contributed by atoms with Crippen LogP contribution >= 0.6 is 0 Å². The lowest BCUT2D eigenvalue weighted by molar-refractivity contribution is 0.100. The highest BCUT2D eigenvalue weighted by Gasteiger charge is 2.19. The number of Topliss-reactive ketones (excluding diaryl/α,β-unsaturated/α-hetero) is 1. The number of ketones is 1. The monoisotopic (exact) mass is 220 g/mol. The number of aliphatic hydroxyl groups excluding tert-OH is 1. The van der Waals surface area contributed by atoms with Gasteiger partial charge in [0.1, 0.15) is 0 Å². The van der Waals surface area contributed by atoms with Crippen LogP contribution < -0.4 is 0 Å². The molecule has 0 radical (unpaired) electrons. The highest BCUT2D eigenvalue weighted by atomic mass is 32.2. The summed E-state index contributed by atoms with van der Waals surface area (Å²) in [5, 5.41) is 8.66. The molecule has 0 aliphatic carbocycles. The minimum atomic E-state index is -4.55. The van der Waals surface area contributed by atoms with Crippen LogP contribution in [-0.4, -0.2) is 32.8 Å². The molecule has 1 heterocycles. The minimum Gasteiger partial charge on any atom is -0.390 e. The van der Waals surface area contributed by atoms with Crippen molar-refractivity contribution in [2.75, 3.05) is 0 Å². The Hall–Kier alpha value is -1.25. The number of carbonyl (C=O) groups excluding carboxylic acids is 1. The third kappa shape index (κ3) is 1.97. The summed E-state index contributed by atoms with van der Waals surface area (Å²) in [4.78, 5) is 14.4. The van der Waals surface area contributed by atoms with Crippen LogP contribution in [0.15, 0.2) is 6.20 Å². The van der Waals surface area contributed by atoms with Gasteiger partial charge in [0.15, 0.2) is 11.6 Å². The predicted molar refractivity (Wildman–Crippen MR) is 45.1 cm³/mol. The van der Waals surface area contributed by atoms with Crippen LogP contribution in [0.5, 0.6) is 0 Å².